The van der Waals surface area contributed by atoms with Crippen LogP contribution in [0.15, 0.2) is 91.1 Å². The molecule has 2 N–H and O–H groups in total. The number of nitrogens with zero attached hydrogens (tertiary/aromatic N) is 3. The Balaban J connectivity index is 1.18. The minimum Gasteiger partial charge on any atom is -0.356 e. The number of aromatic nitrogens is 2. The first-order valence-electron chi connectivity index (χ1n) is 13.0. The summed E-state index contributed by atoms with van der Waals surface area (Å²) in [5, 5.41) is 6.44. The Labute approximate surface area is 218 Å². The number of carbonyl (C=O) groups is 1. The summed E-state index contributed by atoms with van der Waals surface area (Å²) in [5.41, 5.74) is 5.60. The van der Waals surface area contributed by atoms with Gasteiger partial charge in [-0.25, -0.2) is 4.98 Å². The van der Waals surface area contributed by atoms with Crippen molar-refractivity contribution in [1.29, 1.82) is 0 Å². The predicted octanol–water partition coefficient (Wildman–Crippen LogP) is 6.12. The van der Waals surface area contributed by atoms with Crippen LogP contribution < -0.4 is 15.5 Å². The molecule has 1 aliphatic heterocycles. The zero-order chi connectivity index (χ0) is 25.5. The summed E-state index contributed by atoms with van der Waals surface area (Å²) < 4.78 is 0. The van der Waals surface area contributed by atoms with Crippen LogP contribution >= 0.6 is 0 Å². The molecule has 0 saturated carbocycles. The van der Waals surface area contributed by atoms with Gasteiger partial charge in [0.15, 0.2) is 0 Å². The van der Waals surface area contributed by atoms with Crippen LogP contribution in [0.2, 0.25) is 0 Å². The molecule has 5 rings (SSSR count). The van der Waals surface area contributed by atoms with Crippen LogP contribution in [0.25, 0.3) is 11.1 Å². The largest absolute Gasteiger partial charge is 0.356 e. The molecule has 1 saturated heterocycles. The Hall–Kier alpha value is -4.19. The molecule has 1 aliphatic rings. The SMILES string of the molecule is Cc1ccc(CNC(=O)CC2CCCN(c3ccnc(Nc4cccc(-c5ccccc5)c4)n3)C2)cc1. The summed E-state index contributed by atoms with van der Waals surface area (Å²) in [6, 6.07) is 28.8. The highest BCUT2D eigenvalue weighted by Gasteiger charge is 2.23. The van der Waals surface area contributed by atoms with Crippen LogP contribution in [0.1, 0.15) is 30.4 Å². The minimum absolute atomic E-state index is 0.107. The van der Waals surface area contributed by atoms with Gasteiger partial charge in [0.1, 0.15) is 5.82 Å². The Morgan fingerprint density at radius 2 is 1.78 bits per heavy atom. The molecule has 1 amide bonds. The van der Waals surface area contributed by atoms with Crippen LogP contribution in [0.4, 0.5) is 17.5 Å². The normalized spacial score (nSPS) is 15.3. The van der Waals surface area contributed by atoms with Crippen LogP contribution in [0.5, 0.6) is 0 Å². The average molecular weight is 492 g/mol. The number of rotatable bonds is 8. The number of carbonyl (C=O) groups excluding carboxylic acids is 1. The van der Waals surface area contributed by atoms with Crippen LogP contribution in [-0.4, -0.2) is 29.0 Å². The molecule has 6 nitrogen and oxygen atoms in total. The summed E-state index contributed by atoms with van der Waals surface area (Å²) in [6.45, 7) is 4.39. The van der Waals surface area contributed by atoms with Crippen LogP contribution in [-0.2, 0) is 11.3 Å². The van der Waals surface area contributed by atoms with Gasteiger partial charge in [-0.2, -0.15) is 4.98 Å². The van der Waals surface area contributed by atoms with E-state index in [1.165, 1.54) is 11.1 Å². The maximum Gasteiger partial charge on any atom is 0.229 e. The lowest BCUT2D eigenvalue weighted by Gasteiger charge is -2.33. The first kappa shape index (κ1) is 24.5. The quantitative estimate of drug-likeness (QED) is 0.311. The van der Waals surface area contributed by atoms with Gasteiger partial charge < -0.3 is 15.5 Å². The maximum absolute atomic E-state index is 12.6. The Morgan fingerprint density at radius 3 is 2.62 bits per heavy atom. The third kappa shape index (κ3) is 6.73. The van der Waals surface area contributed by atoms with E-state index in [4.69, 9.17) is 4.98 Å². The minimum atomic E-state index is 0.107. The van der Waals surface area contributed by atoms with Gasteiger partial charge in [-0.3, -0.25) is 4.79 Å². The van der Waals surface area contributed by atoms with Gasteiger partial charge in [0.2, 0.25) is 11.9 Å². The fourth-order valence-corrected chi connectivity index (χ4v) is 4.80. The van der Waals surface area contributed by atoms with Gasteiger partial charge in [0.05, 0.1) is 0 Å². The molecule has 1 aromatic heterocycles. The standard InChI is InChI=1S/C31H33N5O/c1-23-12-14-24(15-13-23)21-33-30(37)19-25-7-6-18-36(22-25)29-16-17-32-31(35-29)34-28-11-5-10-27(20-28)26-8-3-2-4-9-26/h2-5,8-17,20,25H,6-7,18-19,21-22H2,1H3,(H,33,37)(H,32,34,35). The molecule has 3 aromatic carbocycles. The maximum atomic E-state index is 12.6. The molecule has 188 valence electrons. The van der Waals surface area contributed by atoms with E-state index in [0.29, 0.717) is 24.8 Å². The number of amides is 1. The third-order valence-electron chi connectivity index (χ3n) is 6.79. The van der Waals surface area contributed by atoms with Gasteiger partial charge in [0.25, 0.3) is 0 Å². The highest BCUT2D eigenvalue weighted by molar-refractivity contribution is 5.76. The van der Waals surface area contributed by atoms with Crippen LogP contribution in [0.3, 0.4) is 0 Å². The zero-order valence-electron chi connectivity index (χ0n) is 21.2. The summed E-state index contributed by atoms with van der Waals surface area (Å²) in [6.07, 6.45) is 4.42. The number of anilines is 3. The van der Waals surface area contributed by atoms with E-state index in [1.54, 1.807) is 6.20 Å². The van der Waals surface area contributed by atoms with Gasteiger partial charge >= 0.3 is 0 Å². The number of hydrogen-bond acceptors (Lipinski definition) is 5. The van der Waals surface area contributed by atoms with E-state index >= 15 is 0 Å². The Bertz CT molecular complexity index is 1320. The smallest absolute Gasteiger partial charge is 0.229 e. The predicted molar refractivity (Wildman–Crippen MR) is 150 cm³/mol. The van der Waals surface area contributed by atoms with E-state index in [-0.39, 0.29) is 5.91 Å². The number of nitrogens with one attached hydrogen (secondary N) is 2. The van der Waals surface area contributed by atoms with E-state index in [0.717, 1.165) is 48.6 Å². The summed E-state index contributed by atoms with van der Waals surface area (Å²) in [5.74, 6) is 1.87. The summed E-state index contributed by atoms with van der Waals surface area (Å²) in [4.78, 5) is 24.1. The highest BCUT2D eigenvalue weighted by Crippen LogP contribution is 2.26. The van der Waals surface area contributed by atoms with Gasteiger partial charge in [-0.1, -0.05) is 72.3 Å². The van der Waals surface area contributed by atoms with Crippen LogP contribution in [0, 0.1) is 12.8 Å². The van der Waals surface area contributed by atoms with Crippen molar-refractivity contribution in [3.63, 3.8) is 0 Å². The molecule has 0 aliphatic carbocycles. The Morgan fingerprint density at radius 1 is 0.973 bits per heavy atom. The fourth-order valence-electron chi connectivity index (χ4n) is 4.80. The lowest BCUT2D eigenvalue weighted by molar-refractivity contribution is -0.122. The molecular formula is C31H33N5O. The first-order chi connectivity index (χ1) is 18.1. The second-order valence-corrected chi connectivity index (χ2v) is 9.73. The van der Waals surface area contributed by atoms with Crippen molar-refractivity contribution in [3.8, 4) is 11.1 Å². The van der Waals surface area contributed by atoms with E-state index < -0.39 is 0 Å². The third-order valence-corrected chi connectivity index (χ3v) is 6.79. The van der Waals surface area contributed by atoms with Crippen molar-refractivity contribution in [2.45, 2.75) is 32.7 Å². The number of piperidine rings is 1. The molecular weight excluding hydrogens is 458 g/mol. The van der Waals surface area contributed by atoms with Crippen molar-refractivity contribution in [2.24, 2.45) is 5.92 Å². The van der Waals surface area contributed by atoms with Gasteiger partial charge in [-0.15, -0.1) is 0 Å². The van der Waals surface area contributed by atoms with E-state index in [9.17, 15) is 4.79 Å². The van der Waals surface area contributed by atoms with Crippen molar-refractivity contribution in [2.75, 3.05) is 23.3 Å². The number of aryl methyl sites for hydroxylation is 1. The molecule has 37 heavy (non-hydrogen) atoms. The monoisotopic (exact) mass is 491 g/mol. The molecule has 1 atom stereocenters. The number of hydrogen-bond donors (Lipinski definition) is 2. The number of benzene rings is 3. The molecule has 4 aromatic rings. The van der Waals surface area contributed by atoms with E-state index in [2.05, 4.69) is 76.0 Å². The molecule has 6 heteroatoms. The highest BCUT2D eigenvalue weighted by atomic mass is 16.1. The van der Waals surface area contributed by atoms with Crippen molar-refractivity contribution < 1.29 is 4.79 Å². The summed E-state index contributed by atoms with van der Waals surface area (Å²) in [7, 11) is 0. The topological polar surface area (TPSA) is 70.2 Å². The molecule has 0 spiro atoms. The Kier molecular flexibility index (Phi) is 7.75. The molecule has 0 radical (unpaired) electrons. The fraction of sp³-hybridized carbons (Fsp3) is 0.258. The second-order valence-electron chi connectivity index (χ2n) is 9.73. The molecule has 0 bridgehead atoms. The molecule has 1 unspecified atom stereocenters. The second kappa shape index (κ2) is 11.7. The summed E-state index contributed by atoms with van der Waals surface area (Å²) >= 11 is 0. The zero-order valence-corrected chi connectivity index (χ0v) is 21.2. The van der Waals surface area contributed by atoms with Crippen molar-refractivity contribution >= 4 is 23.4 Å². The van der Waals surface area contributed by atoms with Gasteiger partial charge in [0, 0.05) is 37.9 Å². The average Bonchev–Trinajstić information content (AvgIpc) is 2.94. The van der Waals surface area contributed by atoms with E-state index in [1.807, 2.05) is 36.4 Å². The molecule has 1 fully saturated rings. The van der Waals surface area contributed by atoms with Crippen molar-refractivity contribution in [1.82, 2.24) is 15.3 Å². The first-order valence-corrected chi connectivity index (χ1v) is 13.0. The van der Waals surface area contributed by atoms with Gasteiger partial charge in [-0.05, 0) is 60.6 Å². The molecule has 2 heterocycles. The lowest BCUT2D eigenvalue weighted by atomic mass is 9.94. The van der Waals surface area contributed by atoms with Crippen molar-refractivity contribution in [3.05, 3.63) is 102 Å². The lowest BCUT2D eigenvalue weighted by Crippen LogP contribution is -2.38.